The third kappa shape index (κ3) is 2.16. The van der Waals surface area contributed by atoms with E-state index in [2.05, 4.69) is 34.9 Å². The van der Waals surface area contributed by atoms with Gasteiger partial charge in [-0.05, 0) is 68.3 Å². The zero-order chi connectivity index (χ0) is 12.8. The van der Waals surface area contributed by atoms with Gasteiger partial charge in [0, 0.05) is 31.4 Å². The predicted octanol–water partition coefficient (Wildman–Crippen LogP) is 3.16. The Bertz CT molecular complexity index is 478. The number of hydrogen-bond donors (Lipinski definition) is 0. The fourth-order valence-corrected chi connectivity index (χ4v) is 3.88. The molecule has 0 N–H and O–H groups in total. The summed E-state index contributed by atoms with van der Waals surface area (Å²) in [4.78, 5) is 5.31. The lowest BCUT2D eigenvalue weighted by Gasteiger charge is -2.39. The van der Waals surface area contributed by atoms with Crippen molar-refractivity contribution in [3.05, 3.63) is 29.3 Å². The predicted molar refractivity (Wildman–Crippen MR) is 80.0 cm³/mol. The Morgan fingerprint density at radius 2 is 1.95 bits per heavy atom. The molecule has 1 aromatic carbocycles. The first kappa shape index (κ1) is 11.8. The van der Waals surface area contributed by atoms with E-state index in [0.717, 1.165) is 12.0 Å². The van der Waals surface area contributed by atoms with Crippen LogP contribution in [-0.4, -0.2) is 37.1 Å². The van der Waals surface area contributed by atoms with Crippen molar-refractivity contribution in [2.75, 3.05) is 31.1 Å². The molecule has 1 aliphatic carbocycles. The lowest BCUT2D eigenvalue weighted by molar-refractivity contribution is 0.231. The minimum atomic E-state index is 0.819. The van der Waals surface area contributed by atoms with Crippen molar-refractivity contribution in [1.82, 2.24) is 4.90 Å². The van der Waals surface area contributed by atoms with Gasteiger partial charge in [-0.3, -0.25) is 4.90 Å². The summed E-state index contributed by atoms with van der Waals surface area (Å²) < 4.78 is 0. The number of hydrogen-bond acceptors (Lipinski definition) is 2. The summed E-state index contributed by atoms with van der Waals surface area (Å²) in [7, 11) is 0. The van der Waals surface area contributed by atoms with E-state index in [9.17, 15) is 0 Å². The van der Waals surface area contributed by atoms with Crippen LogP contribution in [0.3, 0.4) is 0 Å². The molecule has 2 aliphatic heterocycles. The molecule has 0 unspecified atom stereocenters. The van der Waals surface area contributed by atoms with Crippen molar-refractivity contribution < 1.29 is 0 Å². The molecule has 0 bridgehead atoms. The first-order chi connectivity index (χ1) is 9.31. The number of aryl methyl sites for hydroxylation is 1. The maximum absolute atomic E-state index is 2.69. The van der Waals surface area contributed by atoms with E-state index in [4.69, 9.17) is 0 Å². The van der Waals surface area contributed by atoms with Crippen molar-refractivity contribution in [2.24, 2.45) is 0 Å². The highest BCUT2D eigenvalue weighted by atomic mass is 15.3. The quantitative estimate of drug-likeness (QED) is 0.802. The Morgan fingerprint density at radius 3 is 2.79 bits per heavy atom. The molecule has 2 heterocycles. The van der Waals surface area contributed by atoms with Crippen LogP contribution in [0.25, 0.3) is 0 Å². The molecule has 19 heavy (non-hydrogen) atoms. The molecule has 0 spiro atoms. The summed E-state index contributed by atoms with van der Waals surface area (Å²) in [6, 6.07) is 7.98. The van der Waals surface area contributed by atoms with Crippen molar-refractivity contribution in [1.29, 1.82) is 0 Å². The molecular weight excluding hydrogens is 232 g/mol. The smallest absolute Gasteiger partial charge is 0.0370 e. The van der Waals surface area contributed by atoms with Gasteiger partial charge in [-0.1, -0.05) is 6.07 Å². The molecule has 2 saturated heterocycles. The highest BCUT2D eigenvalue weighted by Gasteiger charge is 2.31. The van der Waals surface area contributed by atoms with Crippen molar-refractivity contribution in [2.45, 2.75) is 44.6 Å². The van der Waals surface area contributed by atoms with Crippen LogP contribution < -0.4 is 4.90 Å². The summed E-state index contributed by atoms with van der Waals surface area (Å²) in [5, 5.41) is 0. The Labute approximate surface area is 116 Å². The standard InChI is InChI=1S/C17H24N2/c1-13-4-7-15(11-17(13)14-5-6-14)19-10-9-18-8-2-3-16(18)12-19/h4,7,11,14,16H,2-3,5-6,8-10,12H2,1H3/t16-/m1/s1. The molecule has 4 rings (SSSR count). The number of anilines is 1. The first-order valence-electron chi connectivity index (χ1n) is 7.91. The summed E-state index contributed by atoms with van der Waals surface area (Å²) in [5.41, 5.74) is 4.58. The zero-order valence-corrected chi connectivity index (χ0v) is 11.9. The highest BCUT2D eigenvalue weighted by molar-refractivity contribution is 5.53. The molecule has 1 aromatic rings. The number of benzene rings is 1. The third-order valence-corrected chi connectivity index (χ3v) is 5.23. The molecule has 2 heteroatoms. The van der Waals surface area contributed by atoms with E-state index in [1.165, 1.54) is 63.1 Å². The second-order valence-electron chi connectivity index (χ2n) is 6.59. The molecule has 2 nitrogen and oxygen atoms in total. The molecule has 102 valence electrons. The molecular formula is C17H24N2. The van der Waals surface area contributed by atoms with Gasteiger partial charge in [-0.2, -0.15) is 0 Å². The van der Waals surface area contributed by atoms with Crippen LogP contribution in [0.2, 0.25) is 0 Å². The van der Waals surface area contributed by atoms with Crippen LogP contribution in [0.1, 0.15) is 42.7 Å². The molecule has 3 fully saturated rings. The summed E-state index contributed by atoms with van der Waals surface area (Å²) >= 11 is 0. The topological polar surface area (TPSA) is 6.48 Å². The average molecular weight is 256 g/mol. The van der Waals surface area contributed by atoms with Crippen LogP contribution >= 0.6 is 0 Å². The summed E-state index contributed by atoms with van der Waals surface area (Å²) in [6.45, 7) is 7.32. The van der Waals surface area contributed by atoms with E-state index in [1.54, 1.807) is 5.56 Å². The van der Waals surface area contributed by atoms with E-state index in [-0.39, 0.29) is 0 Å². The second kappa shape index (κ2) is 4.52. The van der Waals surface area contributed by atoms with Gasteiger partial charge >= 0.3 is 0 Å². The molecule has 0 amide bonds. The van der Waals surface area contributed by atoms with Gasteiger partial charge in [0.05, 0.1) is 0 Å². The average Bonchev–Trinajstić information content (AvgIpc) is 3.16. The fourth-order valence-electron chi connectivity index (χ4n) is 3.88. The Morgan fingerprint density at radius 1 is 1.05 bits per heavy atom. The fraction of sp³-hybridized carbons (Fsp3) is 0.647. The largest absolute Gasteiger partial charge is 0.369 e. The van der Waals surface area contributed by atoms with Crippen molar-refractivity contribution in [3.8, 4) is 0 Å². The SMILES string of the molecule is Cc1ccc(N2CCN3CCC[C@@H]3C2)cc1C1CC1. The zero-order valence-electron chi connectivity index (χ0n) is 11.9. The van der Waals surface area contributed by atoms with Gasteiger partial charge in [0.15, 0.2) is 0 Å². The molecule has 1 atom stereocenters. The van der Waals surface area contributed by atoms with Gasteiger partial charge in [0.2, 0.25) is 0 Å². The van der Waals surface area contributed by atoms with Crippen LogP contribution in [0, 0.1) is 6.92 Å². The maximum Gasteiger partial charge on any atom is 0.0370 e. The molecule has 0 radical (unpaired) electrons. The summed E-state index contributed by atoms with van der Waals surface area (Å²) in [6.07, 6.45) is 5.61. The lowest BCUT2D eigenvalue weighted by atomic mass is 10.0. The molecule has 1 saturated carbocycles. The van der Waals surface area contributed by atoms with Gasteiger partial charge in [0.25, 0.3) is 0 Å². The van der Waals surface area contributed by atoms with Gasteiger partial charge in [-0.25, -0.2) is 0 Å². The van der Waals surface area contributed by atoms with Gasteiger partial charge in [0.1, 0.15) is 0 Å². The third-order valence-electron chi connectivity index (χ3n) is 5.23. The minimum Gasteiger partial charge on any atom is -0.369 e. The molecule has 0 aromatic heterocycles. The van der Waals surface area contributed by atoms with Crippen molar-refractivity contribution >= 4 is 5.69 Å². The number of fused-ring (bicyclic) bond motifs is 1. The maximum atomic E-state index is 2.69. The lowest BCUT2D eigenvalue weighted by Crippen LogP contribution is -2.50. The van der Waals surface area contributed by atoms with E-state index in [1.807, 2.05) is 0 Å². The van der Waals surface area contributed by atoms with E-state index < -0.39 is 0 Å². The van der Waals surface area contributed by atoms with Gasteiger partial charge in [-0.15, -0.1) is 0 Å². The van der Waals surface area contributed by atoms with Crippen LogP contribution in [0.15, 0.2) is 18.2 Å². The Kier molecular flexibility index (Phi) is 2.80. The summed E-state index contributed by atoms with van der Waals surface area (Å²) in [5.74, 6) is 0.868. The number of rotatable bonds is 2. The Balaban J connectivity index is 1.56. The van der Waals surface area contributed by atoms with Gasteiger partial charge < -0.3 is 4.90 Å². The first-order valence-corrected chi connectivity index (χ1v) is 7.91. The molecule has 3 aliphatic rings. The number of nitrogens with zero attached hydrogens (tertiary/aromatic N) is 2. The Hall–Kier alpha value is -1.02. The van der Waals surface area contributed by atoms with Crippen LogP contribution in [-0.2, 0) is 0 Å². The highest BCUT2D eigenvalue weighted by Crippen LogP contribution is 2.43. The number of piperazine rings is 1. The minimum absolute atomic E-state index is 0.819. The van der Waals surface area contributed by atoms with E-state index in [0.29, 0.717) is 0 Å². The second-order valence-corrected chi connectivity index (χ2v) is 6.59. The van der Waals surface area contributed by atoms with Crippen LogP contribution in [0.4, 0.5) is 5.69 Å². The van der Waals surface area contributed by atoms with Crippen molar-refractivity contribution in [3.63, 3.8) is 0 Å². The van der Waals surface area contributed by atoms with E-state index >= 15 is 0 Å². The normalized spacial score (nSPS) is 27.6. The monoisotopic (exact) mass is 256 g/mol. The van der Waals surface area contributed by atoms with Crippen LogP contribution in [0.5, 0.6) is 0 Å².